The van der Waals surface area contributed by atoms with Crippen molar-refractivity contribution in [2.45, 2.75) is 27.7 Å². The SMILES string of the molecule is CCN1C=CC(c2c3nc(c(C4=CCN(CC)C=C4)c4ccc([nH]4)c(C4=CCN(CC)C=C4)c4nc(c(C5=CCN(CC)C=C5)c5ccc2[nH]5)C=C4)C=C3)=CC1. The highest BCUT2D eigenvalue weighted by Crippen LogP contribution is 2.37. The summed E-state index contributed by atoms with van der Waals surface area (Å²) in [7, 11) is 0. The van der Waals surface area contributed by atoms with Gasteiger partial charge in [0, 0.05) is 96.7 Å². The van der Waals surface area contributed by atoms with Gasteiger partial charge in [-0.2, -0.15) is 0 Å². The summed E-state index contributed by atoms with van der Waals surface area (Å²) in [5.74, 6) is 0. The molecule has 9 heterocycles. The molecule has 0 saturated heterocycles. The minimum atomic E-state index is 0.853. The summed E-state index contributed by atoms with van der Waals surface area (Å²) in [5, 5.41) is 0. The van der Waals surface area contributed by atoms with E-state index in [2.05, 4.69) is 179 Å². The van der Waals surface area contributed by atoms with Gasteiger partial charge in [0.25, 0.3) is 0 Å². The van der Waals surface area contributed by atoms with E-state index < -0.39 is 0 Å². The zero-order valence-electron chi connectivity index (χ0n) is 32.9. The summed E-state index contributed by atoms with van der Waals surface area (Å²) >= 11 is 0. The van der Waals surface area contributed by atoms with Crippen molar-refractivity contribution in [3.63, 3.8) is 0 Å². The Morgan fingerprint density at radius 2 is 0.643 bits per heavy atom. The molecule has 0 radical (unpaired) electrons. The summed E-state index contributed by atoms with van der Waals surface area (Å²) in [4.78, 5) is 28.1. The minimum absolute atomic E-state index is 0.853. The lowest BCUT2D eigenvalue weighted by molar-refractivity contribution is 0.437. The first-order valence-electron chi connectivity index (χ1n) is 20.2. The van der Waals surface area contributed by atoms with E-state index in [9.17, 15) is 0 Å². The Hall–Kier alpha value is -6.28. The number of likely N-dealkylation sites (N-methyl/N-ethyl adjacent to an activating group) is 4. The van der Waals surface area contributed by atoms with Crippen LogP contribution >= 0.6 is 0 Å². The van der Waals surface area contributed by atoms with Crippen molar-refractivity contribution in [2.24, 2.45) is 0 Å². The van der Waals surface area contributed by atoms with Crippen LogP contribution in [0.1, 0.15) is 72.7 Å². The van der Waals surface area contributed by atoms with Crippen LogP contribution in [-0.2, 0) is 0 Å². The van der Waals surface area contributed by atoms with Gasteiger partial charge in [0.05, 0.1) is 22.8 Å². The van der Waals surface area contributed by atoms with Gasteiger partial charge in [-0.25, -0.2) is 9.97 Å². The summed E-state index contributed by atoms with van der Waals surface area (Å²) in [6.07, 6.45) is 35.8. The highest BCUT2D eigenvalue weighted by atomic mass is 15.1. The van der Waals surface area contributed by atoms with Gasteiger partial charge in [-0.3, -0.25) is 0 Å². The van der Waals surface area contributed by atoms with E-state index in [1.165, 1.54) is 0 Å². The van der Waals surface area contributed by atoms with Crippen molar-refractivity contribution < 1.29 is 0 Å². The van der Waals surface area contributed by atoms with E-state index in [4.69, 9.17) is 9.97 Å². The molecule has 0 aromatic carbocycles. The predicted octanol–water partition coefficient (Wildman–Crippen LogP) is 9.59. The van der Waals surface area contributed by atoms with Gasteiger partial charge in [-0.05, 0) is 148 Å². The largest absolute Gasteiger partial charge is 0.374 e. The fourth-order valence-corrected chi connectivity index (χ4v) is 8.22. The first-order valence-corrected chi connectivity index (χ1v) is 20.2. The normalized spacial score (nSPS) is 17.5. The number of aromatic amines is 2. The van der Waals surface area contributed by atoms with Crippen LogP contribution in [0.25, 0.3) is 68.7 Å². The maximum absolute atomic E-state index is 5.49. The summed E-state index contributed by atoms with van der Waals surface area (Å²) in [6, 6.07) is 8.87. The molecule has 8 bridgehead atoms. The maximum atomic E-state index is 5.49. The number of allylic oxidation sites excluding steroid dienone is 8. The third kappa shape index (κ3) is 6.59. The third-order valence-electron chi connectivity index (χ3n) is 11.6. The molecule has 0 spiro atoms. The molecule has 0 aliphatic carbocycles. The monoisotopic (exact) mass is 738 g/mol. The zero-order valence-corrected chi connectivity index (χ0v) is 32.9. The second-order valence-electron chi connectivity index (χ2n) is 14.8. The molecule has 3 aromatic rings. The van der Waals surface area contributed by atoms with Crippen LogP contribution in [0.5, 0.6) is 0 Å². The van der Waals surface area contributed by atoms with Crippen molar-refractivity contribution in [1.29, 1.82) is 0 Å². The number of hydrogen-bond acceptors (Lipinski definition) is 6. The molecule has 0 saturated carbocycles. The smallest absolute Gasteiger partial charge is 0.0737 e. The number of H-pyrrole nitrogens is 2. The maximum Gasteiger partial charge on any atom is 0.0737 e. The Morgan fingerprint density at radius 1 is 0.393 bits per heavy atom. The zero-order chi connectivity index (χ0) is 38.2. The first-order chi connectivity index (χ1) is 27.5. The van der Waals surface area contributed by atoms with Crippen LogP contribution in [-0.4, -0.2) is 91.9 Å². The number of rotatable bonds is 8. The van der Waals surface area contributed by atoms with Gasteiger partial charge in [-0.15, -0.1) is 0 Å². The molecule has 6 aliphatic rings. The molecule has 282 valence electrons. The van der Waals surface area contributed by atoms with E-state index >= 15 is 0 Å². The van der Waals surface area contributed by atoms with Crippen molar-refractivity contribution in [3.05, 3.63) is 143 Å². The minimum Gasteiger partial charge on any atom is -0.374 e. The van der Waals surface area contributed by atoms with Crippen LogP contribution < -0.4 is 0 Å². The van der Waals surface area contributed by atoms with Gasteiger partial charge in [0.15, 0.2) is 0 Å². The van der Waals surface area contributed by atoms with E-state index in [-0.39, 0.29) is 0 Å². The molecule has 0 amide bonds. The molecule has 56 heavy (non-hydrogen) atoms. The van der Waals surface area contributed by atoms with Crippen molar-refractivity contribution in [3.8, 4) is 0 Å². The van der Waals surface area contributed by atoms with E-state index in [1.54, 1.807) is 0 Å². The summed E-state index contributed by atoms with van der Waals surface area (Å²) < 4.78 is 0. The molecule has 0 atom stereocenters. The summed E-state index contributed by atoms with van der Waals surface area (Å²) in [5.41, 5.74) is 16.9. The molecule has 8 heteroatoms. The lowest BCUT2D eigenvalue weighted by Crippen LogP contribution is -2.19. The molecule has 6 aliphatic heterocycles. The number of nitrogens with zero attached hydrogens (tertiary/aromatic N) is 6. The van der Waals surface area contributed by atoms with Gasteiger partial charge < -0.3 is 29.6 Å². The number of aromatic nitrogens is 4. The Bertz CT molecular complexity index is 2210. The van der Waals surface area contributed by atoms with Gasteiger partial charge in [0.1, 0.15) is 0 Å². The molecular formula is C48H50N8. The highest BCUT2D eigenvalue weighted by molar-refractivity contribution is 5.99. The topological polar surface area (TPSA) is 70.3 Å². The van der Waals surface area contributed by atoms with E-state index in [0.717, 1.165) is 142 Å². The van der Waals surface area contributed by atoms with Gasteiger partial charge in [0.2, 0.25) is 0 Å². The molecule has 0 unspecified atom stereocenters. The Morgan fingerprint density at radius 3 is 0.839 bits per heavy atom. The lowest BCUT2D eigenvalue weighted by Gasteiger charge is -2.21. The fraction of sp³-hybridized carbons (Fsp3) is 0.250. The molecule has 9 rings (SSSR count). The van der Waals surface area contributed by atoms with Gasteiger partial charge >= 0.3 is 0 Å². The lowest BCUT2D eigenvalue weighted by atomic mass is 10.0. The fourth-order valence-electron chi connectivity index (χ4n) is 8.22. The summed E-state index contributed by atoms with van der Waals surface area (Å²) in [6.45, 7) is 16.0. The quantitative estimate of drug-likeness (QED) is 0.165. The van der Waals surface area contributed by atoms with Crippen LogP contribution in [0.4, 0.5) is 0 Å². The van der Waals surface area contributed by atoms with Gasteiger partial charge in [-0.1, -0.05) is 24.3 Å². The van der Waals surface area contributed by atoms with Crippen LogP contribution in [0.2, 0.25) is 0 Å². The van der Waals surface area contributed by atoms with E-state index in [1.807, 2.05) is 0 Å². The average molecular weight is 739 g/mol. The molecule has 8 nitrogen and oxygen atoms in total. The van der Waals surface area contributed by atoms with Crippen LogP contribution in [0.15, 0.2) is 97.7 Å². The second kappa shape index (κ2) is 15.1. The average Bonchev–Trinajstić information content (AvgIpc) is 4.10. The third-order valence-corrected chi connectivity index (χ3v) is 11.6. The Balaban J connectivity index is 1.38. The first kappa shape index (κ1) is 35.4. The molecule has 2 N–H and O–H groups in total. The Labute approximate surface area is 330 Å². The number of nitrogens with one attached hydrogen (secondary N) is 2. The molecule has 0 fully saturated rings. The predicted molar refractivity (Wildman–Crippen MR) is 236 cm³/mol. The number of hydrogen-bond donors (Lipinski definition) is 2. The Kier molecular flexibility index (Phi) is 9.55. The molecule has 3 aromatic heterocycles. The van der Waals surface area contributed by atoms with E-state index in [0.29, 0.717) is 0 Å². The highest BCUT2D eigenvalue weighted by Gasteiger charge is 2.22. The van der Waals surface area contributed by atoms with Crippen LogP contribution in [0, 0.1) is 0 Å². The molecular weight excluding hydrogens is 689 g/mol. The second-order valence-corrected chi connectivity index (χ2v) is 14.8. The number of fused-ring (bicyclic) bond motifs is 8. The standard InChI is InChI=1S/C48H50N8/c1-5-53-25-17-33(18-26-53)45-37-9-11-39(49-37)46(34-19-27-54(6-2)28-20-34)41-13-15-43(51-41)48(36-23-31-56(8-4)32-24-36)44-16-14-42(52-44)47(40-12-10-38(45)50-40)35-21-29-55(7-3)30-22-35/h9-25,27,29,31,49,52H,5-8,26,28,30,32H2,1-4H3. The van der Waals surface area contributed by atoms with Crippen molar-refractivity contribution in [1.82, 2.24) is 39.5 Å². The van der Waals surface area contributed by atoms with Crippen molar-refractivity contribution >= 4 is 68.7 Å². The van der Waals surface area contributed by atoms with Crippen molar-refractivity contribution in [2.75, 3.05) is 52.4 Å². The van der Waals surface area contributed by atoms with Crippen LogP contribution in [0.3, 0.4) is 0 Å².